The Labute approximate surface area is 130 Å². The van der Waals surface area contributed by atoms with Gasteiger partial charge in [-0.2, -0.15) is 0 Å². The van der Waals surface area contributed by atoms with Gasteiger partial charge in [0.1, 0.15) is 10.6 Å². The van der Waals surface area contributed by atoms with Gasteiger partial charge in [0.05, 0.1) is 16.6 Å². The zero-order valence-corrected chi connectivity index (χ0v) is 12.8. The van der Waals surface area contributed by atoms with E-state index in [0.29, 0.717) is 35.3 Å². The minimum absolute atomic E-state index is 0.0717. The van der Waals surface area contributed by atoms with Crippen LogP contribution in [0.5, 0.6) is 0 Å². The number of nitro groups is 1. The van der Waals surface area contributed by atoms with Crippen LogP contribution < -0.4 is 5.32 Å². The second-order valence-electron chi connectivity index (χ2n) is 4.06. The Morgan fingerprint density at radius 2 is 2.29 bits per heavy atom. The summed E-state index contributed by atoms with van der Waals surface area (Å²) in [6, 6.07) is 4.54. The largest absolute Gasteiger partial charge is 0.383 e. The standard InChI is InChI=1S/C12H13ClN4O3S/c1-20-6-5-14-7-10-15-16-12(21-10)11-8(13)3-2-4-9(11)17(18)19/h2-4,14H,5-7H2,1H3. The summed E-state index contributed by atoms with van der Waals surface area (Å²) in [5, 5.41) is 23.7. The maximum atomic E-state index is 11.1. The summed E-state index contributed by atoms with van der Waals surface area (Å²) in [7, 11) is 1.63. The van der Waals surface area contributed by atoms with E-state index in [1.165, 1.54) is 23.5 Å². The van der Waals surface area contributed by atoms with Gasteiger partial charge in [0.15, 0.2) is 5.01 Å². The fraction of sp³-hybridized carbons (Fsp3) is 0.333. The van der Waals surface area contributed by atoms with Gasteiger partial charge < -0.3 is 10.1 Å². The molecule has 21 heavy (non-hydrogen) atoms. The summed E-state index contributed by atoms with van der Waals surface area (Å²) in [4.78, 5) is 10.6. The van der Waals surface area contributed by atoms with Gasteiger partial charge in [-0.25, -0.2) is 0 Å². The minimum Gasteiger partial charge on any atom is -0.383 e. The molecule has 112 valence electrons. The molecule has 1 N–H and O–H groups in total. The van der Waals surface area contributed by atoms with Crippen LogP contribution in [-0.2, 0) is 11.3 Å². The van der Waals surface area contributed by atoms with E-state index in [2.05, 4.69) is 15.5 Å². The minimum atomic E-state index is -0.473. The molecule has 0 fully saturated rings. The van der Waals surface area contributed by atoms with E-state index in [1.54, 1.807) is 13.2 Å². The average molecular weight is 329 g/mol. The predicted octanol–water partition coefficient (Wildman–Crippen LogP) is 2.50. The maximum absolute atomic E-state index is 11.1. The summed E-state index contributed by atoms with van der Waals surface area (Å²) < 4.78 is 4.92. The van der Waals surface area contributed by atoms with Crippen LogP contribution in [-0.4, -0.2) is 35.4 Å². The summed E-state index contributed by atoms with van der Waals surface area (Å²) in [6.07, 6.45) is 0. The molecule has 1 aromatic carbocycles. The van der Waals surface area contributed by atoms with Gasteiger partial charge in [-0.05, 0) is 6.07 Å². The van der Waals surface area contributed by atoms with Gasteiger partial charge in [0.2, 0.25) is 0 Å². The van der Waals surface area contributed by atoms with E-state index < -0.39 is 4.92 Å². The van der Waals surface area contributed by atoms with Crippen molar-refractivity contribution in [2.45, 2.75) is 6.54 Å². The Balaban J connectivity index is 2.20. The van der Waals surface area contributed by atoms with Crippen molar-refractivity contribution < 1.29 is 9.66 Å². The van der Waals surface area contributed by atoms with Gasteiger partial charge >= 0.3 is 0 Å². The topological polar surface area (TPSA) is 90.2 Å². The second kappa shape index (κ2) is 7.41. The lowest BCUT2D eigenvalue weighted by atomic mass is 10.2. The lowest BCUT2D eigenvalue weighted by Crippen LogP contribution is -2.18. The third kappa shape index (κ3) is 3.94. The molecule has 2 aromatic rings. The van der Waals surface area contributed by atoms with Crippen molar-refractivity contribution >= 4 is 28.6 Å². The Morgan fingerprint density at radius 1 is 1.48 bits per heavy atom. The fourth-order valence-electron chi connectivity index (χ4n) is 1.67. The molecule has 0 atom stereocenters. The van der Waals surface area contributed by atoms with Crippen molar-refractivity contribution in [1.29, 1.82) is 0 Å². The van der Waals surface area contributed by atoms with Crippen LogP contribution >= 0.6 is 22.9 Å². The lowest BCUT2D eigenvalue weighted by molar-refractivity contribution is -0.384. The first kappa shape index (κ1) is 15.8. The predicted molar refractivity (Wildman–Crippen MR) is 80.6 cm³/mol. The van der Waals surface area contributed by atoms with Crippen molar-refractivity contribution in [2.24, 2.45) is 0 Å². The third-order valence-electron chi connectivity index (χ3n) is 2.63. The van der Waals surface area contributed by atoms with E-state index in [-0.39, 0.29) is 5.69 Å². The second-order valence-corrected chi connectivity index (χ2v) is 5.53. The normalized spacial score (nSPS) is 10.8. The summed E-state index contributed by atoms with van der Waals surface area (Å²) in [5.74, 6) is 0. The molecule has 1 aromatic heterocycles. The van der Waals surface area contributed by atoms with Gasteiger partial charge in [-0.15, -0.1) is 10.2 Å². The Hall–Kier alpha value is -1.61. The van der Waals surface area contributed by atoms with Gasteiger partial charge in [-0.1, -0.05) is 29.0 Å². The number of halogens is 1. The van der Waals surface area contributed by atoms with Gasteiger partial charge in [0, 0.05) is 26.3 Å². The molecule has 7 nitrogen and oxygen atoms in total. The van der Waals surface area contributed by atoms with Crippen LogP contribution in [0.2, 0.25) is 5.02 Å². The van der Waals surface area contributed by atoms with Crippen LogP contribution in [0.4, 0.5) is 5.69 Å². The Bertz CT molecular complexity index is 635. The first-order chi connectivity index (χ1) is 10.1. The van der Waals surface area contributed by atoms with Crippen LogP contribution in [0.1, 0.15) is 5.01 Å². The first-order valence-corrected chi connectivity index (χ1v) is 7.28. The van der Waals surface area contributed by atoms with Crippen molar-refractivity contribution in [3.05, 3.63) is 38.3 Å². The van der Waals surface area contributed by atoms with Crippen molar-refractivity contribution in [1.82, 2.24) is 15.5 Å². The van der Waals surface area contributed by atoms with Crippen LogP contribution in [0.15, 0.2) is 18.2 Å². The van der Waals surface area contributed by atoms with Crippen LogP contribution in [0, 0.1) is 10.1 Å². The molecule has 0 unspecified atom stereocenters. The van der Waals surface area contributed by atoms with E-state index >= 15 is 0 Å². The monoisotopic (exact) mass is 328 g/mol. The molecule has 2 rings (SSSR count). The van der Waals surface area contributed by atoms with Crippen LogP contribution in [0.3, 0.4) is 0 Å². The zero-order valence-electron chi connectivity index (χ0n) is 11.2. The van der Waals surface area contributed by atoms with Crippen LogP contribution in [0.25, 0.3) is 10.6 Å². The summed E-state index contributed by atoms with van der Waals surface area (Å²) in [6.45, 7) is 1.82. The molecule has 0 aliphatic heterocycles. The molecule has 0 amide bonds. The highest BCUT2D eigenvalue weighted by Gasteiger charge is 2.21. The number of hydrogen-bond acceptors (Lipinski definition) is 7. The number of hydrogen-bond donors (Lipinski definition) is 1. The van der Waals surface area contributed by atoms with E-state index in [1.807, 2.05) is 0 Å². The van der Waals surface area contributed by atoms with Crippen molar-refractivity contribution in [2.75, 3.05) is 20.3 Å². The van der Waals surface area contributed by atoms with Gasteiger partial charge in [-0.3, -0.25) is 10.1 Å². The number of methoxy groups -OCH3 is 1. The number of nitrogens with one attached hydrogen (secondary N) is 1. The number of nitro benzene ring substituents is 1. The molecule has 0 radical (unpaired) electrons. The molecular weight excluding hydrogens is 316 g/mol. The highest BCUT2D eigenvalue weighted by atomic mass is 35.5. The molecular formula is C12H13ClN4O3S. The highest BCUT2D eigenvalue weighted by Crippen LogP contribution is 2.37. The van der Waals surface area contributed by atoms with E-state index in [4.69, 9.17) is 16.3 Å². The van der Waals surface area contributed by atoms with Gasteiger partial charge in [0.25, 0.3) is 5.69 Å². The molecule has 9 heteroatoms. The van der Waals surface area contributed by atoms with Crippen molar-refractivity contribution in [3.63, 3.8) is 0 Å². The zero-order chi connectivity index (χ0) is 15.2. The average Bonchev–Trinajstić information content (AvgIpc) is 2.91. The molecule has 0 aliphatic carbocycles. The maximum Gasteiger partial charge on any atom is 0.281 e. The Kier molecular flexibility index (Phi) is 5.57. The number of aromatic nitrogens is 2. The highest BCUT2D eigenvalue weighted by molar-refractivity contribution is 7.14. The fourth-order valence-corrected chi connectivity index (χ4v) is 2.86. The SMILES string of the molecule is COCCNCc1nnc(-c2c(Cl)cccc2[N+](=O)[O-])s1. The number of ether oxygens (including phenoxy) is 1. The summed E-state index contributed by atoms with van der Waals surface area (Å²) in [5.41, 5.74) is 0.238. The quantitative estimate of drug-likeness (QED) is 0.477. The molecule has 0 bridgehead atoms. The van der Waals surface area contributed by atoms with E-state index in [0.717, 1.165) is 5.01 Å². The Morgan fingerprint density at radius 3 is 3.00 bits per heavy atom. The smallest absolute Gasteiger partial charge is 0.281 e. The first-order valence-electron chi connectivity index (χ1n) is 6.08. The molecule has 0 spiro atoms. The molecule has 0 saturated carbocycles. The third-order valence-corrected chi connectivity index (χ3v) is 3.88. The number of nitrogens with zero attached hydrogens (tertiary/aromatic N) is 3. The van der Waals surface area contributed by atoms with Crippen molar-refractivity contribution in [3.8, 4) is 10.6 Å². The molecule has 1 heterocycles. The lowest BCUT2D eigenvalue weighted by Gasteiger charge is -2.01. The van der Waals surface area contributed by atoms with E-state index in [9.17, 15) is 10.1 Å². The molecule has 0 aliphatic rings. The number of rotatable bonds is 7. The molecule has 0 saturated heterocycles. The summed E-state index contributed by atoms with van der Waals surface area (Å²) >= 11 is 7.34. The number of benzene rings is 1.